The molecule has 0 radical (unpaired) electrons. The number of carbonyl (C=O) groups is 1. The quantitative estimate of drug-likeness (QED) is 0.365. The molecule has 0 atom stereocenters. The van der Waals surface area contributed by atoms with Crippen LogP contribution >= 0.6 is 0 Å². The van der Waals surface area contributed by atoms with Crippen molar-refractivity contribution in [3.63, 3.8) is 0 Å². The second-order valence-electron chi connectivity index (χ2n) is 6.12. The number of allylic oxidation sites excluding steroid dienone is 3. The predicted octanol–water partition coefficient (Wildman–Crippen LogP) is 3.90. The van der Waals surface area contributed by atoms with Crippen LogP contribution < -0.4 is 5.32 Å². The average Bonchev–Trinajstić information content (AvgIpc) is 2.52. The summed E-state index contributed by atoms with van der Waals surface area (Å²) in [5.41, 5.74) is 0.573. The highest BCUT2D eigenvalue weighted by molar-refractivity contribution is 5.78. The Bertz CT molecular complexity index is 508. The zero-order valence-corrected chi connectivity index (χ0v) is 14.6. The summed E-state index contributed by atoms with van der Waals surface area (Å²) in [5, 5.41) is 2.69. The zero-order chi connectivity index (χ0) is 18.9. The molecule has 1 fully saturated rings. The van der Waals surface area contributed by atoms with Crippen molar-refractivity contribution >= 4 is 5.91 Å². The Morgan fingerprint density at radius 2 is 1.88 bits per heavy atom. The normalized spacial score (nSPS) is 17.8. The lowest BCUT2D eigenvalue weighted by molar-refractivity contribution is -0.129. The first kappa shape index (κ1) is 21.3. The molecule has 0 aromatic heterocycles. The lowest BCUT2D eigenvalue weighted by Gasteiger charge is -2.27. The molecule has 25 heavy (non-hydrogen) atoms. The summed E-state index contributed by atoms with van der Waals surface area (Å²) in [5.74, 6) is -3.50. The minimum Gasteiger partial charge on any atom is -0.491 e. The van der Waals surface area contributed by atoms with Gasteiger partial charge in [-0.3, -0.25) is 4.79 Å². The van der Waals surface area contributed by atoms with Crippen LogP contribution in [-0.2, 0) is 14.3 Å². The maximum absolute atomic E-state index is 13.0. The molecule has 142 valence electrons. The largest absolute Gasteiger partial charge is 0.491 e. The van der Waals surface area contributed by atoms with Crippen molar-refractivity contribution in [2.24, 2.45) is 5.92 Å². The fourth-order valence-electron chi connectivity index (χ4n) is 2.44. The van der Waals surface area contributed by atoms with Gasteiger partial charge in [-0.2, -0.15) is 0 Å². The Labute approximate surface area is 146 Å². The van der Waals surface area contributed by atoms with Gasteiger partial charge >= 0.3 is 0 Å². The van der Waals surface area contributed by atoms with Crippen LogP contribution in [0.25, 0.3) is 0 Å². The Kier molecular flexibility index (Phi) is 8.75. The fourth-order valence-corrected chi connectivity index (χ4v) is 2.44. The second kappa shape index (κ2) is 10.3. The number of halogens is 3. The smallest absolute Gasteiger partial charge is 0.248 e. The zero-order valence-electron chi connectivity index (χ0n) is 14.6. The highest BCUT2D eigenvalue weighted by Gasteiger charge is 2.37. The number of rotatable bonds is 10. The van der Waals surface area contributed by atoms with Crippen LogP contribution in [0.1, 0.15) is 32.6 Å². The molecule has 7 heteroatoms. The lowest BCUT2D eigenvalue weighted by atomic mass is 9.86. The van der Waals surface area contributed by atoms with Crippen LogP contribution in [0.2, 0.25) is 0 Å². The summed E-state index contributed by atoms with van der Waals surface area (Å²) in [6.07, 6.45) is 1.11. The molecule has 0 spiro atoms. The highest BCUT2D eigenvalue weighted by atomic mass is 19.3. The Morgan fingerprint density at radius 3 is 2.44 bits per heavy atom. The maximum atomic E-state index is 13.0. The molecule has 0 aromatic carbocycles. The van der Waals surface area contributed by atoms with Gasteiger partial charge in [-0.1, -0.05) is 13.2 Å². The van der Waals surface area contributed by atoms with E-state index in [0.29, 0.717) is 17.9 Å². The van der Waals surface area contributed by atoms with Gasteiger partial charge in [0.15, 0.2) is 0 Å². The van der Waals surface area contributed by atoms with Gasteiger partial charge in [0.25, 0.3) is 0 Å². The van der Waals surface area contributed by atoms with Crippen molar-refractivity contribution in [1.29, 1.82) is 0 Å². The summed E-state index contributed by atoms with van der Waals surface area (Å²) >= 11 is 0. The Morgan fingerprint density at radius 1 is 1.24 bits per heavy atom. The van der Waals surface area contributed by atoms with E-state index < -0.39 is 11.7 Å². The van der Waals surface area contributed by atoms with Crippen molar-refractivity contribution in [2.45, 2.75) is 38.5 Å². The van der Waals surface area contributed by atoms with Gasteiger partial charge in [-0.05, 0) is 25.3 Å². The van der Waals surface area contributed by atoms with Gasteiger partial charge in [0.1, 0.15) is 18.2 Å². The van der Waals surface area contributed by atoms with Crippen molar-refractivity contribution in [1.82, 2.24) is 5.32 Å². The van der Waals surface area contributed by atoms with E-state index in [1.807, 2.05) is 0 Å². The van der Waals surface area contributed by atoms with E-state index in [1.54, 1.807) is 6.92 Å². The van der Waals surface area contributed by atoms with Gasteiger partial charge in [0.2, 0.25) is 11.8 Å². The fraction of sp³-hybridized carbons (Fsp3) is 0.611. The number of nitrogens with one attached hydrogen (secondary N) is 1. The summed E-state index contributed by atoms with van der Waals surface area (Å²) in [6, 6.07) is 0. The molecule has 1 aliphatic rings. The molecule has 1 saturated carbocycles. The number of hydrogen-bond acceptors (Lipinski definition) is 3. The predicted molar refractivity (Wildman–Crippen MR) is 89.8 cm³/mol. The van der Waals surface area contributed by atoms with Crippen molar-refractivity contribution in [3.05, 3.63) is 36.4 Å². The van der Waals surface area contributed by atoms with E-state index >= 15 is 0 Å². The molecular weight excluding hydrogens is 335 g/mol. The third-order valence-corrected chi connectivity index (χ3v) is 3.83. The molecule has 0 bridgehead atoms. The first-order valence-electron chi connectivity index (χ1n) is 8.29. The summed E-state index contributed by atoms with van der Waals surface area (Å²) in [6.45, 7) is 9.54. The van der Waals surface area contributed by atoms with Crippen molar-refractivity contribution in [2.75, 3.05) is 26.4 Å². The lowest BCUT2D eigenvalue weighted by Crippen LogP contribution is -2.37. The van der Waals surface area contributed by atoms with Crippen molar-refractivity contribution in [3.8, 4) is 0 Å². The standard InChI is InChI=1S/C18H26F3NO3/c1-13(2)16(12-14(3)19)25-11-10-24-9-8-22-17(23)15-4-6-18(20,21)7-5-15/h12,15H,1,3-11H2,2H3,(H,22,23)/b16-12+. The van der Waals surface area contributed by atoms with Gasteiger partial charge in [0, 0.05) is 31.4 Å². The number of amides is 1. The average molecular weight is 361 g/mol. The van der Waals surface area contributed by atoms with Crippen molar-refractivity contribution < 1.29 is 27.4 Å². The van der Waals surface area contributed by atoms with Crippen LogP contribution in [0.5, 0.6) is 0 Å². The summed E-state index contributed by atoms with van der Waals surface area (Å²) in [7, 11) is 0. The third kappa shape index (κ3) is 8.77. The topological polar surface area (TPSA) is 47.6 Å². The molecule has 0 aromatic rings. The molecule has 0 saturated heterocycles. The van der Waals surface area contributed by atoms with Gasteiger partial charge in [-0.25, -0.2) is 13.2 Å². The van der Waals surface area contributed by atoms with E-state index in [-0.39, 0.29) is 57.3 Å². The molecular formula is C18H26F3NO3. The molecule has 0 aliphatic heterocycles. The number of hydrogen-bond donors (Lipinski definition) is 1. The monoisotopic (exact) mass is 361 g/mol. The van der Waals surface area contributed by atoms with Crippen LogP contribution in [0.4, 0.5) is 13.2 Å². The second-order valence-corrected chi connectivity index (χ2v) is 6.12. The maximum Gasteiger partial charge on any atom is 0.248 e. The van der Waals surface area contributed by atoms with E-state index in [0.717, 1.165) is 6.08 Å². The molecule has 0 heterocycles. The van der Waals surface area contributed by atoms with E-state index in [1.165, 1.54) is 0 Å². The molecule has 1 N–H and O–H groups in total. The highest BCUT2D eigenvalue weighted by Crippen LogP contribution is 2.36. The molecule has 0 unspecified atom stereocenters. The molecule has 1 amide bonds. The Hall–Kier alpha value is -1.76. The van der Waals surface area contributed by atoms with Crippen LogP contribution in [0, 0.1) is 5.92 Å². The summed E-state index contributed by atoms with van der Waals surface area (Å²) in [4.78, 5) is 11.9. The first-order chi connectivity index (χ1) is 11.7. The Balaban J connectivity index is 2.11. The number of alkyl halides is 2. The first-order valence-corrected chi connectivity index (χ1v) is 8.29. The minimum absolute atomic E-state index is 0.204. The van der Waals surface area contributed by atoms with Gasteiger partial charge < -0.3 is 14.8 Å². The van der Waals surface area contributed by atoms with Crippen LogP contribution in [0.15, 0.2) is 36.4 Å². The van der Waals surface area contributed by atoms with Gasteiger partial charge in [0.05, 0.1) is 13.2 Å². The molecule has 4 nitrogen and oxygen atoms in total. The van der Waals surface area contributed by atoms with E-state index in [9.17, 15) is 18.0 Å². The molecule has 1 rings (SSSR count). The van der Waals surface area contributed by atoms with Gasteiger partial charge in [-0.15, -0.1) is 0 Å². The van der Waals surface area contributed by atoms with E-state index in [2.05, 4.69) is 18.5 Å². The van der Waals surface area contributed by atoms with Crippen LogP contribution in [0.3, 0.4) is 0 Å². The SMILES string of the molecule is C=C(F)/C=C(/OCCOCCNC(=O)C1CCC(F)(F)CC1)C(=C)C. The number of carbonyl (C=O) groups excluding carboxylic acids is 1. The number of ether oxygens (including phenoxy) is 2. The summed E-state index contributed by atoms with van der Waals surface area (Å²) < 4.78 is 49.5. The van der Waals surface area contributed by atoms with Crippen LogP contribution in [-0.4, -0.2) is 38.2 Å². The molecule has 1 aliphatic carbocycles. The van der Waals surface area contributed by atoms with E-state index in [4.69, 9.17) is 9.47 Å². The minimum atomic E-state index is -2.63. The third-order valence-electron chi connectivity index (χ3n) is 3.83.